The number of hydrogen-bond acceptors (Lipinski definition) is 2. The summed E-state index contributed by atoms with van der Waals surface area (Å²) < 4.78 is 8.97. The van der Waals surface area contributed by atoms with Crippen molar-refractivity contribution in [3.05, 3.63) is 22.4 Å². The van der Waals surface area contributed by atoms with Crippen LogP contribution in [0.15, 0.2) is 16.7 Å². The molecule has 4 nitrogen and oxygen atoms in total. The Morgan fingerprint density at radius 3 is 2.95 bits per heavy atom. The molecular formula is C15H19BrN2O2. The van der Waals surface area contributed by atoms with Gasteiger partial charge in [-0.3, -0.25) is 4.79 Å². The summed E-state index contributed by atoms with van der Waals surface area (Å²) in [6.45, 7) is 1.41. The maximum atomic E-state index is 12.9. The molecule has 0 radical (unpaired) electrons. The molecule has 2 saturated carbocycles. The topological polar surface area (TPSA) is 34.5 Å². The minimum atomic E-state index is 0.183. The van der Waals surface area contributed by atoms with Crippen LogP contribution in [0, 0.1) is 0 Å². The van der Waals surface area contributed by atoms with E-state index in [1.165, 1.54) is 19.3 Å². The Hall–Kier alpha value is -0.810. The fraction of sp³-hybridized carbons (Fsp3) is 0.667. The Balaban J connectivity index is 1.63. The van der Waals surface area contributed by atoms with Gasteiger partial charge in [-0.25, -0.2) is 0 Å². The van der Waals surface area contributed by atoms with Crippen molar-refractivity contribution in [1.29, 1.82) is 0 Å². The largest absolute Gasteiger partial charge is 0.374 e. The lowest BCUT2D eigenvalue weighted by Gasteiger charge is -2.37. The molecule has 0 N–H and O–H groups in total. The van der Waals surface area contributed by atoms with Crippen LogP contribution in [0.25, 0.3) is 0 Å². The van der Waals surface area contributed by atoms with Gasteiger partial charge in [0.1, 0.15) is 5.69 Å². The number of fused-ring (bicyclic) bond motifs is 1. The summed E-state index contributed by atoms with van der Waals surface area (Å²) in [5.41, 5.74) is 0.840. The summed E-state index contributed by atoms with van der Waals surface area (Å²) in [4.78, 5) is 15.0. The Bertz CT molecular complexity index is 538. The minimum absolute atomic E-state index is 0.183. The number of hydrogen-bond donors (Lipinski definition) is 0. The molecular weight excluding hydrogens is 320 g/mol. The van der Waals surface area contributed by atoms with E-state index in [0.29, 0.717) is 12.6 Å². The van der Waals surface area contributed by atoms with E-state index in [1.54, 1.807) is 0 Å². The zero-order chi connectivity index (χ0) is 13.7. The van der Waals surface area contributed by atoms with Crippen molar-refractivity contribution in [2.45, 2.75) is 50.3 Å². The molecule has 0 aromatic carbocycles. The molecule has 1 aromatic heterocycles. The quantitative estimate of drug-likeness (QED) is 0.830. The van der Waals surface area contributed by atoms with Crippen LogP contribution in [0.4, 0.5) is 0 Å². The van der Waals surface area contributed by atoms with E-state index in [9.17, 15) is 4.79 Å². The number of aromatic nitrogens is 1. The van der Waals surface area contributed by atoms with Crippen LogP contribution >= 0.6 is 15.9 Å². The summed E-state index contributed by atoms with van der Waals surface area (Å²) in [6.07, 6.45) is 8.06. The molecule has 1 amide bonds. The number of halogens is 1. The third-order valence-corrected chi connectivity index (χ3v) is 5.15. The van der Waals surface area contributed by atoms with Crippen LogP contribution in [-0.2, 0) is 4.74 Å². The van der Waals surface area contributed by atoms with Crippen LogP contribution in [0.2, 0.25) is 0 Å². The smallest absolute Gasteiger partial charge is 0.270 e. The average Bonchev–Trinajstić information content (AvgIpc) is 3.05. The molecule has 3 aliphatic rings. The molecule has 1 saturated heterocycles. The second-order valence-electron chi connectivity index (χ2n) is 6.09. The van der Waals surface area contributed by atoms with Gasteiger partial charge in [0.2, 0.25) is 0 Å². The van der Waals surface area contributed by atoms with Gasteiger partial charge in [0.15, 0.2) is 0 Å². The molecule has 0 bridgehead atoms. The lowest BCUT2D eigenvalue weighted by atomic mass is 10.1. The third-order valence-electron chi connectivity index (χ3n) is 4.72. The van der Waals surface area contributed by atoms with Crippen molar-refractivity contribution in [3.63, 3.8) is 0 Å². The first-order valence-electron chi connectivity index (χ1n) is 7.54. The molecule has 2 atom stereocenters. The second-order valence-corrected chi connectivity index (χ2v) is 7.00. The van der Waals surface area contributed by atoms with E-state index in [0.717, 1.165) is 29.6 Å². The SMILES string of the molecule is O=C(c1cc(Br)cn1C1CC1)N1CCOC2CCCC21. The Morgan fingerprint density at radius 1 is 1.30 bits per heavy atom. The third kappa shape index (κ3) is 2.11. The summed E-state index contributed by atoms with van der Waals surface area (Å²) in [7, 11) is 0. The first kappa shape index (κ1) is 12.9. The van der Waals surface area contributed by atoms with Gasteiger partial charge in [-0.15, -0.1) is 0 Å². The van der Waals surface area contributed by atoms with E-state index in [4.69, 9.17) is 4.74 Å². The van der Waals surface area contributed by atoms with Gasteiger partial charge in [0, 0.05) is 23.3 Å². The average molecular weight is 339 g/mol. The van der Waals surface area contributed by atoms with Gasteiger partial charge in [-0.1, -0.05) is 0 Å². The number of nitrogens with zero attached hydrogens (tertiary/aromatic N) is 2. The number of morpholine rings is 1. The maximum absolute atomic E-state index is 12.9. The standard InChI is InChI=1S/C15H19BrN2O2/c16-10-8-13(18(9-10)11-4-5-11)15(19)17-6-7-20-14-3-1-2-12(14)17/h8-9,11-12,14H,1-7H2. The van der Waals surface area contributed by atoms with Crippen LogP contribution in [0.1, 0.15) is 48.6 Å². The van der Waals surface area contributed by atoms with Crippen LogP contribution < -0.4 is 0 Å². The van der Waals surface area contributed by atoms with Gasteiger partial charge in [-0.2, -0.15) is 0 Å². The van der Waals surface area contributed by atoms with Crippen molar-refractivity contribution in [3.8, 4) is 0 Å². The van der Waals surface area contributed by atoms with Crippen LogP contribution in [0.5, 0.6) is 0 Å². The predicted octanol–water partition coefficient (Wildman–Crippen LogP) is 2.98. The van der Waals surface area contributed by atoms with Gasteiger partial charge in [0.05, 0.1) is 18.8 Å². The number of carbonyl (C=O) groups excluding carboxylic acids is 1. The zero-order valence-electron chi connectivity index (χ0n) is 11.4. The summed E-state index contributed by atoms with van der Waals surface area (Å²) in [6, 6.07) is 2.79. The molecule has 3 fully saturated rings. The van der Waals surface area contributed by atoms with Crippen molar-refractivity contribution in [2.75, 3.05) is 13.2 Å². The predicted molar refractivity (Wildman–Crippen MR) is 78.8 cm³/mol. The zero-order valence-corrected chi connectivity index (χ0v) is 13.0. The Labute approximate surface area is 127 Å². The fourth-order valence-corrected chi connectivity index (χ4v) is 4.03. The maximum Gasteiger partial charge on any atom is 0.270 e. The van der Waals surface area contributed by atoms with E-state index in [-0.39, 0.29) is 18.1 Å². The van der Waals surface area contributed by atoms with E-state index in [1.807, 2.05) is 6.07 Å². The monoisotopic (exact) mass is 338 g/mol. The molecule has 0 spiro atoms. The Kier molecular flexibility index (Phi) is 3.15. The molecule has 4 rings (SSSR count). The molecule has 1 aromatic rings. The van der Waals surface area contributed by atoms with Gasteiger partial charge in [-0.05, 0) is 54.1 Å². The summed E-state index contributed by atoms with van der Waals surface area (Å²) in [5.74, 6) is 0.183. The van der Waals surface area contributed by atoms with Crippen molar-refractivity contribution in [2.24, 2.45) is 0 Å². The van der Waals surface area contributed by atoms with E-state index >= 15 is 0 Å². The number of ether oxygens (including phenoxy) is 1. The second kappa shape index (κ2) is 4.88. The highest BCUT2D eigenvalue weighted by molar-refractivity contribution is 9.10. The molecule has 2 aliphatic carbocycles. The fourth-order valence-electron chi connectivity index (χ4n) is 3.60. The van der Waals surface area contributed by atoms with E-state index < -0.39 is 0 Å². The van der Waals surface area contributed by atoms with Crippen molar-refractivity contribution < 1.29 is 9.53 Å². The van der Waals surface area contributed by atoms with Crippen molar-refractivity contribution in [1.82, 2.24) is 9.47 Å². The number of rotatable bonds is 2. The van der Waals surface area contributed by atoms with E-state index in [2.05, 4.69) is 31.6 Å². The first-order chi connectivity index (χ1) is 9.74. The molecule has 20 heavy (non-hydrogen) atoms. The lowest BCUT2D eigenvalue weighted by molar-refractivity contribution is -0.0448. The lowest BCUT2D eigenvalue weighted by Crippen LogP contribution is -2.51. The summed E-state index contributed by atoms with van der Waals surface area (Å²) >= 11 is 3.51. The number of amides is 1. The molecule has 5 heteroatoms. The van der Waals surface area contributed by atoms with Gasteiger partial charge < -0.3 is 14.2 Å². The van der Waals surface area contributed by atoms with Crippen LogP contribution in [-0.4, -0.2) is 40.7 Å². The normalized spacial score (nSPS) is 29.6. The summed E-state index contributed by atoms with van der Waals surface area (Å²) in [5, 5.41) is 0. The highest BCUT2D eigenvalue weighted by Crippen LogP contribution is 2.38. The van der Waals surface area contributed by atoms with Crippen molar-refractivity contribution >= 4 is 21.8 Å². The highest BCUT2D eigenvalue weighted by atomic mass is 79.9. The molecule has 1 aliphatic heterocycles. The molecule has 2 heterocycles. The van der Waals surface area contributed by atoms with Crippen LogP contribution in [0.3, 0.4) is 0 Å². The Morgan fingerprint density at radius 2 is 2.15 bits per heavy atom. The molecule has 108 valence electrons. The molecule has 2 unspecified atom stereocenters. The van der Waals surface area contributed by atoms with Gasteiger partial charge >= 0.3 is 0 Å². The highest BCUT2D eigenvalue weighted by Gasteiger charge is 2.40. The van der Waals surface area contributed by atoms with Gasteiger partial charge in [0.25, 0.3) is 5.91 Å². The number of carbonyl (C=O) groups is 1. The minimum Gasteiger partial charge on any atom is -0.374 e. The first-order valence-corrected chi connectivity index (χ1v) is 8.33.